The molecule has 70 valence electrons. The van der Waals surface area contributed by atoms with Gasteiger partial charge in [-0.3, -0.25) is 0 Å². The number of thioether (sulfide) groups is 1. The average molecular weight is 232 g/mol. The molecule has 0 N–H and O–H groups in total. The second-order valence-electron chi connectivity index (χ2n) is 2.77. The van der Waals surface area contributed by atoms with Crippen LogP contribution < -0.4 is 0 Å². The van der Waals surface area contributed by atoms with Gasteiger partial charge >= 0.3 is 0 Å². The molecule has 0 amide bonds. The van der Waals surface area contributed by atoms with Crippen molar-refractivity contribution in [1.29, 1.82) is 5.26 Å². The Hall–Kier alpha value is -0.170. The first-order valence-electron chi connectivity index (χ1n) is 4.00. The first-order valence-corrected chi connectivity index (χ1v) is 6.18. The number of thiophene rings is 1. The Labute approximate surface area is 91.7 Å². The molecule has 0 aromatic carbocycles. The minimum absolute atomic E-state index is 0.512. The molecular formula is C9H10ClNS2. The van der Waals surface area contributed by atoms with Crippen molar-refractivity contribution in [3.8, 4) is 5.40 Å². The van der Waals surface area contributed by atoms with E-state index in [1.54, 1.807) is 11.3 Å². The smallest absolute Gasteiger partial charge is 0.133 e. The SMILES string of the molecule is CC(CCSC#N)c1ccc(Cl)s1. The van der Waals surface area contributed by atoms with E-state index >= 15 is 0 Å². The standard InChI is InChI=1S/C9H10ClNS2/c1-7(4-5-12-6-11)8-2-3-9(10)13-8/h2-3,7H,4-5H2,1H3. The predicted octanol–water partition coefficient (Wildman–Crippen LogP) is 4.11. The van der Waals surface area contributed by atoms with Crippen molar-refractivity contribution in [3.05, 3.63) is 21.3 Å². The molecule has 0 saturated carbocycles. The fourth-order valence-electron chi connectivity index (χ4n) is 1.02. The largest absolute Gasteiger partial charge is 0.185 e. The number of hydrogen-bond donors (Lipinski definition) is 0. The van der Waals surface area contributed by atoms with Crippen molar-refractivity contribution in [2.24, 2.45) is 0 Å². The molecule has 0 aliphatic heterocycles. The number of hydrogen-bond acceptors (Lipinski definition) is 3. The lowest BCUT2D eigenvalue weighted by Crippen LogP contribution is -1.91. The topological polar surface area (TPSA) is 23.8 Å². The first kappa shape index (κ1) is 10.9. The highest BCUT2D eigenvalue weighted by atomic mass is 35.5. The van der Waals surface area contributed by atoms with Crippen LogP contribution in [-0.4, -0.2) is 5.75 Å². The highest BCUT2D eigenvalue weighted by Crippen LogP contribution is 2.30. The van der Waals surface area contributed by atoms with Crippen LogP contribution in [0.3, 0.4) is 0 Å². The van der Waals surface area contributed by atoms with E-state index in [1.165, 1.54) is 16.6 Å². The highest BCUT2D eigenvalue weighted by Gasteiger charge is 2.07. The molecule has 0 aliphatic carbocycles. The fourth-order valence-corrected chi connectivity index (χ4v) is 2.73. The molecule has 0 fully saturated rings. The zero-order valence-electron chi connectivity index (χ0n) is 7.29. The molecule has 4 heteroatoms. The van der Waals surface area contributed by atoms with Crippen LogP contribution in [0.4, 0.5) is 0 Å². The van der Waals surface area contributed by atoms with Gasteiger partial charge in [0.15, 0.2) is 0 Å². The van der Waals surface area contributed by atoms with Crippen LogP contribution in [0.2, 0.25) is 4.34 Å². The Morgan fingerprint density at radius 2 is 2.46 bits per heavy atom. The maximum atomic E-state index is 8.35. The van der Waals surface area contributed by atoms with E-state index in [1.807, 2.05) is 6.07 Å². The minimum atomic E-state index is 0.512. The van der Waals surface area contributed by atoms with Gasteiger partial charge in [-0.1, -0.05) is 18.5 Å². The first-order chi connectivity index (χ1) is 6.24. The summed E-state index contributed by atoms with van der Waals surface area (Å²) in [6, 6.07) is 3.99. The van der Waals surface area contributed by atoms with Crippen LogP contribution in [0, 0.1) is 10.7 Å². The third-order valence-corrected chi connectivity index (χ3v) is 3.83. The lowest BCUT2D eigenvalue weighted by atomic mass is 10.1. The number of thiocyanates is 1. The van der Waals surface area contributed by atoms with Gasteiger partial charge in [0.1, 0.15) is 5.40 Å². The zero-order chi connectivity index (χ0) is 9.68. The molecule has 0 radical (unpaired) electrons. The van der Waals surface area contributed by atoms with Crippen LogP contribution in [0.25, 0.3) is 0 Å². The zero-order valence-corrected chi connectivity index (χ0v) is 9.68. The summed E-state index contributed by atoms with van der Waals surface area (Å²) in [7, 11) is 0. The summed E-state index contributed by atoms with van der Waals surface area (Å²) in [5, 5.41) is 10.4. The molecule has 1 nitrogen and oxygen atoms in total. The van der Waals surface area contributed by atoms with Crippen LogP contribution in [0.1, 0.15) is 24.1 Å². The van der Waals surface area contributed by atoms with Crippen LogP contribution in [0.15, 0.2) is 12.1 Å². The number of rotatable bonds is 4. The second-order valence-corrected chi connectivity index (χ2v) is 5.40. The summed E-state index contributed by atoms with van der Waals surface area (Å²) in [4.78, 5) is 1.31. The van der Waals surface area contributed by atoms with Crippen LogP contribution >= 0.6 is 34.7 Å². The van der Waals surface area contributed by atoms with Gasteiger partial charge in [-0.25, -0.2) is 0 Å². The lowest BCUT2D eigenvalue weighted by Gasteiger charge is -2.05. The Bertz CT molecular complexity index is 303. The van der Waals surface area contributed by atoms with Gasteiger partial charge in [0.25, 0.3) is 0 Å². The number of nitriles is 1. The maximum absolute atomic E-state index is 8.35. The molecule has 1 atom stereocenters. The molecule has 1 rings (SSSR count). The molecule has 1 heterocycles. The Balaban J connectivity index is 2.40. The predicted molar refractivity (Wildman–Crippen MR) is 60.4 cm³/mol. The summed E-state index contributed by atoms with van der Waals surface area (Å²) in [5.41, 5.74) is 0. The summed E-state index contributed by atoms with van der Waals surface area (Å²) >= 11 is 8.77. The van der Waals surface area contributed by atoms with Crippen molar-refractivity contribution >= 4 is 34.7 Å². The molecule has 0 aliphatic rings. The second kappa shape index (κ2) is 5.54. The van der Waals surface area contributed by atoms with E-state index < -0.39 is 0 Å². The minimum Gasteiger partial charge on any atom is -0.185 e. The van der Waals surface area contributed by atoms with Crippen LogP contribution in [-0.2, 0) is 0 Å². The molecule has 0 spiro atoms. The monoisotopic (exact) mass is 231 g/mol. The van der Waals surface area contributed by atoms with E-state index in [0.29, 0.717) is 5.92 Å². The highest BCUT2D eigenvalue weighted by molar-refractivity contribution is 8.03. The van der Waals surface area contributed by atoms with Gasteiger partial charge in [-0.05, 0) is 36.2 Å². The van der Waals surface area contributed by atoms with Gasteiger partial charge in [-0.15, -0.1) is 11.3 Å². The van der Waals surface area contributed by atoms with Crippen molar-refractivity contribution < 1.29 is 0 Å². The van der Waals surface area contributed by atoms with Crippen molar-refractivity contribution in [3.63, 3.8) is 0 Å². The number of nitrogens with zero attached hydrogens (tertiary/aromatic N) is 1. The van der Waals surface area contributed by atoms with Gasteiger partial charge in [0.05, 0.1) is 4.34 Å². The van der Waals surface area contributed by atoms with Crippen LogP contribution in [0.5, 0.6) is 0 Å². The number of halogens is 1. The molecular weight excluding hydrogens is 222 g/mol. The average Bonchev–Trinajstić information content (AvgIpc) is 2.52. The fraction of sp³-hybridized carbons (Fsp3) is 0.444. The molecule has 13 heavy (non-hydrogen) atoms. The van der Waals surface area contributed by atoms with E-state index in [2.05, 4.69) is 18.4 Å². The third-order valence-electron chi connectivity index (χ3n) is 1.80. The normalized spacial score (nSPS) is 12.4. The Morgan fingerprint density at radius 1 is 1.69 bits per heavy atom. The van der Waals surface area contributed by atoms with E-state index in [0.717, 1.165) is 16.5 Å². The molecule has 1 aromatic rings. The van der Waals surface area contributed by atoms with Crippen molar-refractivity contribution in [1.82, 2.24) is 0 Å². The Morgan fingerprint density at radius 3 is 3.00 bits per heavy atom. The molecule has 0 bridgehead atoms. The van der Waals surface area contributed by atoms with E-state index in [4.69, 9.17) is 16.9 Å². The maximum Gasteiger partial charge on any atom is 0.133 e. The summed E-state index contributed by atoms with van der Waals surface area (Å²) in [6.45, 7) is 2.17. The molecule has 0 saturated heterocycles. The van der Waals surface area contributed by atoms with Crippen molar-refractivity contribution in [2.75, 3.05) is 5.75 Å². The van der Waals surface area contributed by atoms with Gasteiger partial charge in [0, 0.05) is 10.6 Å². The summed E-state index contributed by atoms with van der Waals surface area (Å²) in [6.07, 6.45) is 1.04. The molecule has 1 aromatic heterocycles. The van der Waals surface area contributed by atoms with E-state index in [-0.39, 0.29) is 0 Å². The molecule has 1 unspecified atom stereocenters. The van der Waals surface area contributed by atoms with Gasteiger partial charge < -0.3 is 0 Å². The van der Waals surface area contributed by atoms with Gasteiger partial charge in [0.2, 0.25) is 0 Å². The summed E-state index contributed by atoms with van der Waals surface area (Å²) in [5.74, 6) is 1.41. The lowest BCUT2D eigenvalue weighted by molar-refractivity contribution is 0.756. The Kier molecular flexibility index (Phi) is 4.65. The quantitative estimate of drug-likeness (QED) is 0.575. The summed E-state index contributed by atoms with van der Waals surface area (Å²) < 4.78 is 0.842. The van der Waals surface area contributed by atoms with E-state index in [9.17, 15) is 0 Å². The van der Waals surface area contributed by atoms with Crippen molar-refractivity contribution in [2.45, 2.75) is 19.3 Å². The van der Waals surface area contributed by atoms with Gasteiger partial charge in [-0.2, -0.15) is 5.26 Å². The third kappa shape index (κ3) is 3.60.